The Morgan fingerprint density at radius 3 is 2.86 bits per heavy atom. The largest absolute Gasteiger partial charge is 0.395 e. The van der Waals surface area contributed by atoms with Gasteiger partial charge in [-0.15, -0.1) is 11.3 Å². The molecular formula is C17H23N3OS. The molecule has 0 saturated heterocycles. The Hall–Kier alpha value is -1.59. The van der Waals surface area contributed by atoms with E-state index in [1.807, 2.05) is 18.4 Å². The zero-order valence-corrected chi connectivity index (χ0v) is 14.0. The summed E-state index contributed by atoms with van der Waals surface area (Å²) < 4.78 is 0. The minimum Gasteiger partial charge on any atom is -0.395 e. The van der Waals surface area contributed by atoms with Crippen LogP contribution in [0.25, 0.3) is 0 Å². The van der Waals surface area contributed by atoms with E-state index in [0.717, 1.165) is 17.8 Å². The highest BCUT2D eigenvalue weighted by Crippen LogP contribution is 2.36. The van der Waals surface area contributed by atoms with Gasteiger partial charge in [0.2, 0.25) is 0 Å². The number of rotatable bonds is 5. The number of aliphatic hydroxyl groups excluding tert-OH is 1. The van der Waals surface area contributed by atoms with Crippen molar-refractivity contribution in [3.63, 3.8) is 0 Å². The fourth-order valence-electron chi connectivity index (χ4n) is 2.97. The summed E-state index contributed by atoms with van der Waals surface area (Å²) in [6.07, 6.45) is 3.48. The van der Waals surface area contributed by atoms with Gasteiger partial charge >= 0.3 is 0 Å². The fraction of sp³-hybridized carbons (Fsp3) is 0.471. The molecule has 0 aliphatic heterocycles. The highest BCUT2D eigenvalue weighted by atomic mass is 32.1. The molecule has 0 fully saturated rings. The van der Waals surface area contributed by atoms with E-state index in [1.54, 1.807) is 0 Å². The lowest BCUT2D eigenvalue weighted by Crippen LogP contribution is -2.21. The third kappa shape index (κ3) is 3.25. The van der Waals surface area contributed by atoms with Crippen LogP contribution < -0.4 is 10.2 Å². The van der Waals surface area contributed by atoms with Gasteiger partial charge in [0.25, 0.3) is 0 Å². The molecule has 1 heterocycles. The Kier molecular flexibility index (Phi) is 4.64. The maximum absolute atomic E-state index is 9.01. The Morgan fingerprint density at radius 1 is 1.36 bits per heavy atom. The van der Waals surface area contributed by atoms with Crippen molar-refractivity contribution in [2.75, 3.05) is 30.4 Å². The van der Waals surface area contributed by atoms with Gasteiger partial charge in [-0.05, 0) is 50.5 Å². The number of fused-ring (bicyclic) bond motifs is 1. The molecule has 1 aromatic heterocycles. The minimum absolute atomic E-state index is 0.173. The molecule has 2 aromatic rings. The van der Waals surface area contributed by atoms with Crippen LogP contribution in [0, 0.1) is 6.92 Å². The predicted octanol–water partition coefficient (Wildman–Crippen LogP) is 3.37. The third-order valence-electron chi connectivity index (χ3n) is 4.14. The zero-order chi connectivity index (χ0) is 15.5. The Balaban J connectivity index is 1.71. The van der Waals surface area contributed by atoms with Crippen molar-refractivity contribution >= 4 is 22.7 Å². The van der Waals surface area contributed by atoms with Crippen molar-refractivity contribution in [2.24, 2.45) is 0 Å². The number of benzene rings is 1. The number of aromatic nitrogens is 1. The van der Waals surface area contributed by atoms with Crippen LogP contribution in [0.15, 0.2) is 24.3 Å². The highest BCUT2D eigenvalue weighted by molar-refractivity contribution is 7.11. The average molecular weight is 317 g/mol. The standard InChI is InChI=1S/C17H23N3OS/c1-12-18-15-4-3-5-16(17(15)22-12)19-13-6-8-14(9-7-13)20(2)10-11-21/h6-9,16,19,21H,3-5,10-11H2,1-2H3. The van der Waals surface area contributed by atoms with E-state index in [4.69, 9.17) is 5.11 Å². The van der Waals surface area contributed by atoms with E-state index in [1.165, 1.54) is 28.4 Å². The second kappa shape index (κ2) is 6.67. The molecule has 1 unspecified atom stereocenters. The number of anilines is 2. The molecule has 0 amide bonds. The Morgan fingerprint density at radius 2 is 2.14 bits per heavy atom. The Labute approximate surface area is 135 Å². The number of aryl methyl sites for hydroxylation is 2. The fourth-order valence-corrected chi connectivity index (χ4v) is 4.03. The molecule has 1 atom stereocenters. The quantitative estimate of drug-likeness (QED) is 0.888. The first-order chi connectivity index (χ1) is 10.7. The maximum atomic E-state index is 9.01. The first-order valence-electron chi connectivity index (χ1n) is 7.82. The molecule has 2 N–H and O–H groups in total. The van der Waals surface area contributed by atoms with Crippen molar-refractivity contribution in [1.29, 1.82) is 0 Å². The molecule has 3 rings (SSSR count). The summed E-state index contributed by atoms with van der Waals surface area (Å²) in [4.78, 5) is 8.11. The van der Waals surface area contributed by atoms with Crippen LogP contribution in [0.1, 0.15) is 34.5 Å². The van der Waals surface area contributed by atoms with Crippen LogP contribution in [0.2, 0.25) is 0 Å². The first-order valence-corrected chi connectivity index (χ1v) is 8.64. The summed E-state index contributed by atoms with van der Waals surface area (Å²) in [5, 5.41) is 13.8. The molecule has 118 valence electrons. The number of likely N-dealkylation sites (N-methyl/N-ethyl adjacent to an activating group) is 1. The van der Waals surface area contributed by atoms with Crippen LogP contribution in [-0.4, -0.2) is 30.3 Å². The predicted molar refractivity (Wildman–Crippen MR) is 93.0 cm³/mol. The van der Waals surface area contributed by atoms with E-state index in [0.29, 0.717) is 12.6 Å². The summed E-state index contributed by atoms with van der Waals surface area (Å²) in [6, 6.07) is 8.81. The Bertz CT molecular complexity index is 623. The number of thiazole rings is 1. The lowest BCUT2D eigenvalue weighted by Gasteiger charge is -2.24. The van der Waals surface area contributed by atoms with Crippen molar-refractivity contribution in [2.45, 2.75) is 32.2 Å². The molecule has 4 nitrogen and oxygen atoms in total. The normalized spacial score (nSPS) is 17.1. The molecule has 1 aliphatic rings. The molecule has 1 aliphatic carbocycles. The third-order valence-corrected chi connectivity index (χ3v) is 5.27. The lowest BCUT2D eigenvalue weighted by molar-refractivity contribution is 0.304. The van der Waals surface area contributed by atoms with Gasteiger partial charge in [-0.2, -0.15) is 0 Å². The molecule has 0 spiro atoms. The van der Waals surface area contributed by atoms with E-state index < -0.39 is 0 Å². The van der Waals surface area contributed by atoms with Crippen molar-refractivity contribution in [3.8, 4) is 0 Å². The molecule has 22 heavy (non-hydrogen) atoms. The highest BCUT2D eigenvalue weighted by Gasteiger charge is 2.23. The summed E-state index contributed by atoms with van der Waals surface area (Å²) in [6.45, 7) is 2.91. The second-order valence-electron chi connectivity index (χ2n) is 5.83. The summed E-state index contributed by atoms with van der Waals surface area (Å²) >= 11 is 1.82. The number of hydrogen-bond donors (Lipinski definition) is 2. The van der Waals surface area contributed by atoms with Gasteiger partial charge in [-0.1, -0.05) is 0 Å². The number of hydrogen-bond acceptors (Lipinski definition) is 5. The van der Waals surface area contributed by atoms with Crippen molar-refractivity contribution in [1.82, 2.24) is 4.98 Å². The van der Waals surface area contributed by atoms with Crippen LogP contribution >= 0.6 is 11.3 Å². The SMILES string of the molecule is Cc1nc2c(s1)C(Nc1ccc(N(C)CCO)cc1)CCC2. The van der Waals surface area contributed by atoms with Gasteiger partial charge in [-0.3, -0.25) is 0 Å². The van der Waals surface area contributed by atoms with Crippen LogP contribution in [0.4, 0.5) is 11.4 Å². The summed E-state index contributed by atoms with van der Waals surface area (Å²) in [5.41, 5.74) is 3.55. The van der Waals surface area contributed by atoms with E-state index in [-0.39, 0.29) is 6.61 Å². The monoisotopic (exact) mass is 317 g/mol. The molecule has 5 heteroatoms. The molecule has 1 aromatic carbocycles. The van der Waals surface area contributed by atoms with Crippen molar-refractivity contribution in [3.05, 3.63) is 39.8 Å². The number of aliphatic hydroxyl groups is 1. The van der Waals surface area contributed by atoms with Gasteiger partial charge in [0.15, 0.2) is 0 Å². The average Bonchev–Trinajstić information content (AvgIpc) is 2.90. The molecule has 0 saturated carbocycles. The zero-order valence-electron chi connectivity index (χ0n) is 13.2. The van der Waals surface area contributed by atoms with Gasteiger partial charge in [-0.25, -0.2) is 4.98 Å². The van der Waals surface area contributed by atoms with Gasteiger partial charge in [0.05, 0.1) is 28.2 Å². The topological polar surface area (TPSA) is 48.4 Å². The first kappa shape index (κ1) is 15.3. The molecular weight excluding hydrogens is 294 g/mol. The summed E-state index contributed by atoms with van der Waals surface area (Å²) in [5.74, 6) is 0. The van der Waals surface area contributed by atoms with E-state index in [9.17, 15) is 0 Å². The molecule has 0 bridgehead atoms. The van der Waals surface area contributed by atoms with E-state index in [2.05, 4.69) is 46.4 Å². The maximum Gasteiger partial charge on any atom is 0.0900 e. The van der Waals surface area contributed by atoms with Gasteiger partial charge in [0, 0.05) is 25.0 Å². The molecule has 0 radical (unpaired) electrons. The second-order valence-corrected chi connectivity index (χ2v) is 7.06. The lowest BCUT2D eigenvalue weighted by atomic mass is 9.98. The van der Waals surface area contributed by atoms with Crippen LogP contribution in [0.3, 0.4) is 0 Å². The van der Waals surface area contributed by atoms with Gasteiger partial charge < -0.3 is 15.3 Å². The van der Waals surface area contributed by atoms with Crippen LogP contribution in [-0.2, 0) is 6.42 Å². The number of nitrogens with one attached hydrogen (secondary N) is 1. The van der Waals surface area contributed by atoms with E-state index >= 15 is 0 Å². The van der Waals surface area contributed by atoms with Crippen molar-refractivity contribution < 1.29 is 5.11 Å². The number of nitrogens with zero attached hydrogens (tertiary/aromatic N) is 2. The minimum atomic E-state index is 0.173. The van der Waals surface area contributed by atoms with Crippen LogP contribution in [0.5, 0.6) is 0 Å². The van der Waals surface area contributed by atoms with Gasteiger partial charge in [0.1, 0.15) is 0 Å². The smallest absolute Gasteiger partial charge is 0.0900 e. The summed E-state index contributed by atoms with van der Waals surface area (Å²) in [7, 11) is 1.99.